The molecule has 0 aromatic heterocycles. The van der Waals surface area contributed by atoms with Gasteiger partial charge in [-0.15, -0.1) is 0 Å². The van der Waals surface area contributed by atoms with Crippen LogP contribution in [-0.2, 0) is 19.3 Å². The Hall–Kier alpha value is -0.340. The fourth-order valence-electron chi connectivity index (χ4n) is 3.22. The van der Waals surface area contributed by atoms with Gasteiger partial charge in [-0.05, 0) is 80.3 Å². The highest BCUT2D eigenvalue weighted by Crippen LogP contribution is 2.30. The summed E-state index contributed by atoms with van der Waals surface area (Å²) >= 11 is 3.77. The van der Waals surface area contributed by atoms with Crippen molar-refractivity contribution in [2.24, 2.45) is 5.92 Å². The van der Waals surface area contributed by atoms with Crippen molar-refractivity contribution in [2.45, 2.75) is 38.5 Å². The largest absolute Gasteiger partial charge is 0.316 e. The van der Waals surface area contributed by atoms with Crippen molar-refractivity contribution in [2.75, 3.05) is 13.1 Å². The molecule has 0 amide bonds. The van der Waals surface area contributed by atoms with Crippen molar-refractivity contribution in [3.63, 3.8) is 0 Å². The molecule has 0 radical (unpaired) electrons. The monoisotopic (exact) mass is 293 g/mol. The summed E-state index contributed by atoms with van der Waals surface area (Å²) in [5.41, 5.74) is 4.71. The average molecular weight is 294 g/mol. The molecule has 2 aliphatic rings. The van der Waals surface area contributed by atoms with Gasteiger partial charge in [0.1, 0.15) is 0 Å². The van der Waals surface area contributed by atoms with Crippen LogP contribution < -0.4 is 5.32 Å². The van der Waals surface area contributed by atoms with E-state index in [0.29, 0.717) is 0 Å². The Morgan fingerprint density at radius 3 is 2.94 bits per heavy atom. The van der Waals surface area contributed by atoms with Crippen molar-refractivity contribution >= 4 is 15.9 Å². The van der Waals surface area contributed by atoms with E-state index < -0.39 is 0 Å². The summed E-state index contributed by atoms with van der Waals surface area (Å²) in [4.78, 5) is 0. The van der Waals surface area contributed by atoms with Crippen molar-refractivity contribution in [3.05, 3.63) is 33.3 Å². The number of halogens is 1. The summed E-state index contributed by atoms with van der Waals surface area (Å²) in [6, 6.07) is 4.83. The van der Waals surface area contributed by atoms with Crippen molar-refractivity contribution in [1.82, 2.24) is 5.32 Å². The highest BCUT2D eigenvalue weighted by molar-refractivity contribution is 9.10. The number of hydrogen-bond acceptors (Lipinski definition) is 1. The fraction of sp³-hybridized carbons (Fsp3) is 0.600. The maximum absolute atomic E-state index is 3.77. The van der Waals surface area contributed by atoms with Gasteiger partial charge in [-0.1, -0.05) is 22.0 Å². The lowest BCUT2D eigenvalue weighted by molar-refractivity contribution is 0.578. The topological polar surface area (TPSA) is 12.0 Å². The first-order valence-electron chi connectivity index (χ1n) is 6.84. The Morgan fingerprint density at radius 1 is 1.24 bits per heavy atom. The van der Waals surface area contributed by atoms with Crippen molar-refractivity contribution in [1.29, 1.82) is 0 Å². The van der Waals surface area contributed by atoms with Gasteiger partial charge < -0.3 is 5.32 Å². The summed E-state index contributed by atoms with van der Waals surface area (Å²) in [5, 5.41) is 3.46. The van der Waals surface area contributed by atoms with Crippen LogP contribution in [-0.4, -0.2) is 13.1 Å². The minimum absolute atomic E-state index is 0.851. The van der Waals surface area contributed by atoms with Crippen molar-refractivity contribution < 1.29 is 0 Å². The molecule has 0 saturated carbocycles. The predicted molar refractivity (Wildman–Crippen MR) is 75.5 cm³/mol. The van der Waals surface area contributed by atoms with Gasteiger partial charge in [-0.3, -0.25) is 0 Å². The van der Waals surface area contributed by atoms with Gasteiger partial charge in [-0.25, -0.2) is 0 Å². The second kappa shape index (κ2) is 5.11. The third-order valence-corrected chi connectivity index (χ3v) is 4.86. The molecule has 1 fully saturated rings. The molecule has 1 atom stereocenters. The van der Waals surface area contributed by atoms with E-state index in [1.54, 1.807) is 11.1 Å². The highest BCUT2D eigenvalue weighted by atomic mass is 79.9. The number of hydrogen-bond donors (Lipinski definition) is 1. The number of rotatable bonds is 2. The van der Waals surface area contributed by atoms with E-state index in [1.165, 1.54) is 61.7 Å². The minimum atomic E-state index is 0.851. The number of aryl methyl sites for hydroxylation is 1. The van der Waals surface area contributed by atoms with E-state index in [0.717, 1.165) is 5.92 Å². The number of fused-ring (bicyclic) bond motifs is 1. The molecule has 3 rings (SSSR count). The third kappa shape index (κ3) is 2.58. The van der Waals surface area contributed by atoms with Crippen LogP contribution in [0.2, 0.25) is 0 Å². The van der Waals surface area contributed by atoms with Gasteiger partial charge in [0.2, 0.25) is 0 Å². The molecule has 1 aromatic rings. The van der Waals surface area contributed by atoms with Crippen LogP contribution in [0.5, 0.6) is 0 Å². The third-order valence-electron chi connectivity index (χ3n) is 4.16. The second-order valence-corrected chi connectivity index (χ2v) is 6.34. The molecule has 1 saturated heterocycles. The maximum atomic E-state index is 3.77. The van der Waals surface area contributed by atoms with Crippen LogP contribution >= 0.6 is 15.9 Å². The smallest absolute Gasteiger partial charge is 0.0212 e. The zero-order valence-corrected chi connectivity index (χ0v) is 11.9. The van der Waals surface area contributed by atoms with E-state index in [9.17, 15) is 0 Å². The first kappa shape index (κ1) is 11.7. The maximum Gasteiger partial charge on any atom is 0.0212 e. The molecule has 92 valence electrons. The van der Waals surface area contributed by atoms with E-state index in [4.69, 9.17) is 0 Å². The van der Waals surface area contributed by atoms with Crippen molar-refractivity contribution in [3.8, 4) is 0 Å². The van der Waals surface area contributed by atoms with E-state index >= 15 is 0 Å². The van der Waals surface area contributed by atoms with Gasteiger partial charge in [0.05, 0.1) is 0 Å². The first-order chi connectivity index (χ1) is 8.33. The fourth-order valence-corrected chi connectivity index (χ4v) is 3.96. The Kier molecular flexibility index (Phi) is 3.53. The van der Waals surface area contributed by atoms with Gasteiger partial charge >= 0.3 is 0 Å². The van der Waals surface area contributed by atoms with Crippen LogP contribution in [0.15, 0.2) is 16.6 Å². The molecule has 0 spiro atoms. The zero-order chi connectivity index (χ0) is 11.7. The van der Waals surface area contributed by atoms with E-state index in [-0.39, 0.29) is 0 Å². The molecule has 1 aromatic carbocycles. The summed E-state index contributed by atoms with van der Waals surface area (Å²) in [6.45, 7) is 2.41. The Labute approximate surface area is 112 Å². The lowest BCUT2D eigenvalue weighted by Crippen LogP contribution is -2.11. The molecule has 2 heteroatoms. The molecule has 1 N–H and O–H groups in total. The predicted octanol–water partition coefficient (Wildman–Crippen LogP) is 3.48. The molecule has 1 heterocycles. The van der Waals surface area contributed by atoms with E-state index in [1.807, 2.05) is 0 Å². The molecule has 17 heavy (non-hydrogen) atoms. The van der Waals surface area contributed by atoms with Crippen LogP contribution in [0.1, 0.15) is 36.0 Å². The summed E-state index contributed by atoms with van der Waals surface area (Å²) in [7, 11) is 0. The molecule has 1 unspecified atom stereocenters. The average Bonchev–Trinajstić information content (AvgIpc) is 2.82. The van der Waals surface area contributed by atoms with Crippen LogP contribution in [0.3, 0.4) is 0 Å². The SMILES string of the molecule is Brc1cc(CC2CCNC2)cc2c1CCCC2. The van der Waals surface area contributed by atoms with Gasteiger partial charge in [0.15, 0.2) is 0 Å². The lowest BCUT2D eigenvalue weighted by Gasteiger charge is -2.19. The number of nitrogens with one attached hydrogen (secondary N) is 1. The molecule has 0 bridgehead atoms. The molecular formula is C15H20BrN. The summed E-state index contributed by atoms with van der Waals surface area (Å²) < 4.78 is 1.36. The Bertz CT molecular complexity index is 408. The lowest BCUT2D eigenvalue weighted by atomic mass is 9.88. The Balaban J connectivity index is 1.82. The number of benzene rings is 1. The van der Waals surface area contributed by atoms with Gasteiger partial charge in [0, 0.05) is 4.47 Å². The first-order valence-corrected chi connectivity index (χ1v) is 7.63. The Morgan fingerprint density at radius 2 is 2.12 bits per heavy atom. The summed E-state index contributed by atoms with van der Waals surface area (Å²) in [5.74, 6) is 0.851. The summed E-state index contributed by atoms with van der Waals surface area (Å²) in [6.07, 6.45) is 7.87. The van der Waals surface area contributed by atoms with Crippen LogP contribution in [0.25, 0.3) is 0 Å². The molecular weight excluding hydrogens is 274 g/mol. The van der Waals surface area contributed by atoms with E-state index in [2.05, 4.69) is 33.4 Å². The standard InChI is InChI=1S/C15H20BrN/c16-15-9-12(7-11-5-6-17-10-11)8-13-3-1-2-4-14(13)15/h8-9,11,17H,1-7,10H2. The van der Waals surface area contributed by atoms with Gasteiger partial charge in [-0.2, -0.15) is 0 Å². The van der Waals surface area contributed by atoms with Gasteiger partial charge in [0.25, 0.3) is 0 Å². The van der Waals surface area contributed by atoms with Crippen LogP contribution in [0, 0.1) is 5.92 Å². The molecule has 1 nitrogen and oxygen atoms in total. The quantitative estimate of drug-likeness (QED) is 0.880. The minimum Gasteiger partial charge on any atom is -0.316 e. The normalized spacial score (nSPS) is 23.7. The second-order valence-electron chi connectivity index (χ2n) is 5.49. The molecule has 1 aliphatic heterocycles. The highest BCUT2D eigenvalue weighted by Gasteiger charge is 2.18. The van der Waals surface area contributed by atoms with Crippen LogP contribution in [0.4, 0.5) is 0 Å². The molecule has 1 aliphatic carbocycles. The zero-order valence-electron chi connectivity index (χ0n) is 10.3.